The summed E-state index contributed by atoms with van der Waals surface area (Å²) >= 11 is 0. The summed E-state index contributed by atoms with van der Waals surface area (Å²) in [6, 6.07) is 31.7. The van der Waals surface area contributed by atoms with Crippen molar-refractivity contribution in [1.82, 2.24) is 0 Å². The lowest BCUT2D eigenvalue weighted by atomic mass is 10.2. The first-order valence-corrected chi connectivity index (χ1v) is 13.0. The van der Waals surface area contributed by atoms with E-state index in [1.807, 2.05) is 18.2 Å². The number of benzene rings is 3. The van der Waals surface area contributed by atoms with Crippen molar-refractivity contribution in [2.45, 2.75) is 46.0 Å². The summed E-state index contributed by atoms with van der Waals surface area (Å²) in [7, 11) is 0. The van der Waals surface area contributed by atoms with Crippen molar-refractivity contribution in [3.05, 3.63) is 91.0 Å². The van der Waals surface area contributed by atoms with Gasteiger partial charge >= 0.3 is 0 Å². The Morgan fingerprint density at radius 1 is 0.710 bits per heavy atom. The molecular weight excluding hydrogens is 395 g/mol. The van der Waals surface area contributed by atoms with Crippen LogP contribution in [0.1, 0.15) is 46.0 Å². The largest absolute Gasteiger partial charge is 0.280 e. The molecule has 0 amide bonds. The van der Waals surface area contributed by atoms with Gasteiger partial charge in [-0.05, 0) is 41.6 Å². The van der Waals surface area contributed by atoms with E-state index in [-0.39, 0.29) is 5.78 Å². The molecule has 0 aliphatic rings. The highest BCUT2D eigenvalue weighted by Gasteiger charge is 2.31. The molecular formula is C29H31OP. The highest BCUT2D eigenvalue weighted by atomic mass is 31.2. The fraction of sp³-hybridized carbons (Fsp3) is 0.241. The molecule has 0 bridgehead atoms. The molecule has 158 valence electrons. The van der Waals surface area contributed by atoms with E-state index in [1.165, 1.54) is 15.9 Å². The molecule has 3 aromatic rings. The van der Waals surface area contributed by atoms with Crippen LogP contribution in [0.3, 0.4) is 0 Å². The molecule has 0 N–H and O–H groups in total. The predicted octanol–water partition coefficient (Wildman–Crippen LogP) is 5.72. The zero-order valence-corrected chi connectivity index (χ0v) is 19.4. The number of unbranched alkanes of at least 4 members (excludes halogenated alkanes) is 2. The summed E-state index contributed by atoms with van der Waals surface area (Å²) in [6.45, 7) is 1.97. The topological polar surface area (TPSA) is 17.1 Å². The van der Waals surface area contributed by atoms with Crippen molar-refractivity contribution in [3.63, 3.8) is 0 Å². The predicted molar refractivity (Wildman–Crippen MR) is 137 cm³/mol. The van der Waals surface area contributed by atoms with Gasteiger partial charge in [0.05, 0.1) is 0 Å². The summed E-state index contributed by atoms with van der Waals surface area (Å²) in [5.74, 6) is 6.17. The van der Waals surface area contributed by atoms with Crippen LogP contribution >= 0.6 is 6.89 Å². The first-order valence-electron chi connectivity index (χ1n) is 11.2. The van der Waals surface area contributed by atoms with Gasteiger partial charge in [0.1, 0.15) is 0 Å². The third kappa shape index (κ3) is 5.10. The molecule has 0 aliphatic heterocycles. The Morgan fingerprint density at radius 3 is 1.55 bits per heavy atom. The summed E-state index contributed by atoms with van der Waals surface area (Å²) in [5.41, 5.74) is 0. The average Bonchev–Trinajstić information content (AvgIpc) is 2.84. The van der Waals surface area contributed by atoms with Gasteiger partial charge in [-0.3, -0.25) is 4.79 Å². The van der Waals surface area contributed by atoms with Crippen molar-refractivity contribution >= 4 is 33.9 Å². The fourth-order valence-electron chi connectivity index (χ4n) is 4.02. The number of rotatable bonds is 8. The number of Topliss-reactive ketones (excluding diaryl/α,β-unsaturated/α-hetero) is 1. The molecule has 1 nitrogen and oxygen atoms in total. The smallest absolute Gasteiger partial charge is 0.232 e. The van der Waals surface area contributed by atoms with Gasteiger partial charge in [0.25, 0.3) is 0 Å². The third-order valence-corrected chi connectivity index (χ3v) is 9.90. The van der Waals surface area contributed by atoms with E-state index < -0.39 is 6.89 Å². The Labute approximate surface area is 187 Å². The van der Waals surface area contributed by atoms with Crippen LogP contribution in [0.15, 0.2) is 91.0 Å². The van der Waals surface area contributed by atoms with Gasteiger partial charge in [-0.25, -0.2) is 0 Å². The number of hydrogen-bond donors (Lipinski definition) is 0. The second-order valence-electron chi connectivity index (χ2n) is 7.61. The van der Waals surface area contributed by atoms with E-state index in [4.69, 9.17) is 0 Å². The molecule has 0 aromatic heterocycles. The Kier molecular flexibility index (Phi) is 8.52. The van der Waals surface area contributed by atoms with Gasteiger partial charge in [0, 0.05) is 11.7 Å². The minimum absolute atomic E-state index is 0.00263. The van der Waals surface area contributed by atoms with Crippen molar-refractivity contribution in [1.29, 1.82) is 0 Å². The molecule has 0 heterocycles. The van der Waals surface area contributed by atoms with E-state index in [9.17, 15) is 4.79 Å². The maximum Gasteiger partial charge on any atom is 0.232 e. The van der Waals surface area contributed by atoms with Crippen LogP contribution in [-0.4, -0.2) is 11.1 Å². The SMILES string of the molecule is CCCCC#CC(=O)C(CCC)=P(c1ccccc1)(c1ccccc1)c1ccccc1. The van der Waals surface area contributed by atoms with Gasteiger partial charge in [-0.2, -0.15) is 0 Å². The van der Waals surface area contributed by atoms with Crippen LogP contribution < -0.4 is 15.9 Å². The summed E-state index contributed by atoms with van der Waals surface area (Å²) in [5, 5.41) is 4.58. The molecule has 0 fully saturated rings. The molecule has 3 rings (SSSR count). The number of ketones is 1. The minimum Gasteiger partial charge on any atom is -0.280 e. The zero-order valence-electron chi connectivity index (χ0n) is 18.6. The molecule has 0 saturated carbocycles. The number of hydrogen-bond acceptors (Lipinski definition) is 1. The molecule has 3 aromatic carbocycles. The molecule has 0 atom stereocenters. The van der Waals surface area contributed by atoms with E-state index >= 15 is 0 Å². The first kappa shape index (κ1) is 22.9. The lowest BCUT2D eigenvalue weighted by Crippen LogP contribution is -2.33. The Hall–Kier alpha value is -2.81. The van der Waals surface area contributed by atoms with Crippen molar-refractivity contribution in [2.24, 2.45) is 0 Å². The zero-order chi connectivity index (χ0) is 21.9. The standard InChI is InChI=1S/C29H31OP/c1-3-5-6-16-24-28(30)29(17-4-2)31(25-18-10-7-11-19-25,26-20-12-8-13-21-26)27-22-14-9-15-23-27/h7-15,18-23H,3-6,17H2,1-2H3. The molecule has 0 aliphatic carbocycles. The molecule has 2 heteroatoms. The second kappa shape index (κ2) is 11.5. The van der Waals surface area contributed by atoms with Gasteiger partial charge in [-0.15, -0.1) is 0 Å². The molecule has 0 unspecified atom stereocenters. The van der Waals surface area contributed by atoms with E-state index in [2.05, 4.69) is 98.5 Å². The molecule has 31 heavy (non-hydrogen) atoms. The molecule has 0 radical (unpaired) electrons. The monoisotopic (exact) mass is 426 g/mol. The Morgan fingerprint density at radius 2 is 1.16 bits per heavy atom. The lowest BCUT2D eigenvalue weighted by molar-refractivity contribution is -0.108. The fourth-order valence-corrected chi connectivity index (χ4v) is 8.63. The van der Waals surface area contributed by atoms with E-state index in [0.29, 0.717) is 0 Å². The number of carbonyl (C=O) groups excluding carboxylic acids is 1. The van der Waals surface area contributed by atoms with Crippen LogP contribution in [0.25, 0.3) is 0 Å². The first-order chi connectivity index (χ1) is 15.2. The van der Waals surface area contributed by atoms with Crippen LogP contribution in [0.5, 0.6) is 0 Å². The highest BCUT2D eigenvalue weighted by Crippen LogP contribution is 2.47. The van der Waals surface area contributed by atoms with Crippen molar-refractivity contribution in [2.75, 3.05) is 0 Å². The third-order valence-electron chi connectivity index (χ3n) is 5.44. The number of carbonyl (C=O) groups is 1. The van der Waals surface area contributed by atoms with Gasteiger partial charge in [-0.1, -0.05) is 124 Å². The van der Waals surface area contributed by atoms with Gasteiger partial charge in [0.2, 0.25) is 5.78 Å². The summed E-state index contributed by atoms with van der Waals surface area (Å²) < 4.78 is 0. The molecule has 0 spiro atoms. The van der Waals surface area contributed by atoms with Crippen LogP contribution in [0.2, 0.25) is 0 Å². The summed E-state index contributed by atoms with van der Waals surface area (Å²) in [6.07, 6.45) is 4.54. The normalized spacial score (nSPS) is 10.8. The van der Waals surface area contributed by atoms with Gasteiger partial charge < -0.3 is 0 Å². The van der Waals surface area contributed by atoms with E-state index in [0.717, 1.165) is 37.4 Å². The summed E-state index contributed by atoms with van der Waals surface area (Å²) in [4.78, 5) is 13.7. The lowest BCUT2D eigenvalue weighted by Gasteiger charge is -2.32. The molecule has 0 saturated heterocycles. The maximum absolute atomic E-state index is 13.7. The maximum atomic E-state index is 13.7. The van der Waals surface area contributed by atoms with Crippen LogP contribution in [0, 0.1) is 11.8 Å². The van der Waals surface area contributed by atoms with Crippen molar-refractivity contribution < 1.29 is 4.79 Å². The highest BCUT2D eigenvalue weighted by molar-refractivity contribution is 7.96. The van der Waals surface area contributed by atoms with Crippen LogP contribution in [0.4, 0.5) is 0 Å². The van der Waals surface area contributed by atoms with Gasteiger partial charge in [0.15, 0.2) is 0 Å². The Balaban J connectivity index is 2.44. The van der Waals surface area contributed by atoms with E-state index in [1.54, 1.807) is 0 Å². The second-order valence-corrected chi connectivity index (χ2v) is 11.0. The minimum atomic E-state index is -2.33. The quantitative estimate of drug-likeness (QED) is 0.195. The average molecular weight is 427 g/mol. The Bertz CT molecular complexity index is 984. The van der Waals surface area contributed by atoms with Crippen molar-refractivity contribution in [3.8, 4) is 11.8 Å². The van der Waals surface area contributed by atoms with Crippen LogP contribution in [-0.2, 0) is 4.79 Å².